The standard InChI is InChI=1S/C27H32N4O8S/c1-38-26(34)29-20-9-4-17(5-10-20)22(18-6-11-21(12-7-18)30-27(35)39-2)15-28-24(16-32)19-8-13-25(33)23(14-19)31-40(3,36)37/h4-14,22,24,28,31-33H,15-16H2,1-3H3,(H,29,34)(H,30,35)/t24-/m0/s1. The van der Waals surface area contributed by atoms with Crippen LogP contribution in [-0.4, -0.2) is 64.4 Å². The SMILES string of the molecule is COC(=O)Nc1ccc(C(CN[C@@H](CO)c2ccc(O)c(NS(C)(=O)=O)c2)c2ccc(NC(=O)OC)cc2)cc1. The Labute approximate surface area is 232 Å². The highest BCUT2D eigenvalue weighted by molar-refractivity contribution is 7.92. The molecule has 40 heavy (non-hydrogen) atoms. The first kappa shape index (κ1) is 30.2. The predicted octanol–water partition coefficient (Wildman–Crippen LogP) is 3.58. The van der Waals surface area contributed by atoms with Crippen molar-refractivity contribution in [3.63, 3.8) is 0 Å². The molecule has 0 spiro atoms. The number of methoxy groups -OCH3 is 2. The molecule has 12 nitrogen and oxygen atoms in total. The summed E-state index contributed by atoms with van der Waals surface area (Å²) in [7, 11) is -1.09. The molecule has 3 aromatic carbocycles. The number of anilines is 3. The lowest BCUT2D eigenvalue weighted by molar-refractivity contribution is 0.186. The average molecular weight is 573 g/mol. The molecule has 0 saturated carbocycles. The fourth-order valence-corrected chi connectivity index (χ4v) is 4.53. The molecule has 0 aliphatic rings. The first-order chi connectivity index (χ1) is 19.0. The number of aromatic hydroxyl groups is 1. The summed E-state index contributed by atoms with van der Waals surface area (Å²) in [6.07, 6.45) is -0.211. The Morgan fingerprint density at radius 1 is 0.825 bits per heavy atom. The maximum atomic E-state index is 11.7. The van der Waals surface area contributed by atoms with Crippen LogP contribution in [0.5, 0.6) is 5.75 Å². The van der Waals surface area contributed by atoms with Gasteiger partial charge in [-0.1, -0.05) is 30.3 Å². The van der Waals surface area contributed by atoms with Crippen molar-refractivity contribution < 1.29 is 37.7 Å². The number of rotatable bonds is 11. The highest BCUT2D eigenvalue weighted by Gasteiger charge is 2.20. The van der Waals surface area contributed by atoms with Crippen molar-refractivity contribution in [2.75, 3.05) is 49.0 Å². The summed E-state index contributed by atoms with van der Waals surface area (Å²) in [6.45, 7) is 0.0360. The number of nitrogens with one attached hydrogen (secondary N) is 4. The number of aliphatic hydroxyl groups excluding tert-OH is 1. The Morgan fingerprint density at radius 2 is 1.30 bits per heavy atom. The smallest absolute Gasteiger partial charge is 0.411 e. The van der Waals surface area contributed by atoms with Crippen LogP contribution in [0, 0.1) is 0 Å². The van der Waals surface area contributed by atoms with E-state index in [0.717, 1.165) is 17.4 Å². The van der Waals surface area contributed by atoms with E-state index in [0.29, 0.717) is 23.5 Å². The highest BCUT2D eigenvalue weighted by Crippen LogP contribution is 2.30. The number of hydrogen-bond acceptors (Lipinski definition) is 9. The molecule has 6 N–H and O–H groups in total. The van der Waals surface area contributed by atoms with Crippen LogP contribution in [-0.2, 0) is 19.5 Å². The van der Waals surface area contributed by atoms with Crippen LogP contribution in [0.1, 0.15) is 28.7 Å². The molecular formula is C27H32N4O8S. The van der Waals surface area contributed by atoms with Crippen LogP contribution in [0.4, 0.5) is 26.7 Å². The maximum Gasteiger partial charge on any atom is 0.411 e. The molecule has 0 fully saturated rings. The van der Waals surface area contributed by atoms with Crippen LogP contribution in [0.15, 0.2) is 66.7 Å². The number of amides is 2. The van der Waals surface area contributed by atoms with Crippen LogP contribution < -0.4 is 20.7 Å². The molecule has 0 saturated heterocycles. The van der Waals surface area contributed by atoms with Gasteiger partial charge in [0.05, 0.1) is 38.8 Å². The van der Waals surface area contributed by atoms with E-state index in [-0.39, 0.29) is 24.0 Å². The minimum atomic E-state index is -3.63. The minimum absolute atomic E-state index is 0.000750. The van der Waals surface area contributed by atoms with Gasteiger partial charge in [0.25, 0.3) is 0 Å². The molecule has 214 valence electrons. The lowest BCUT2D eigenvalue weighted by atomic mass is 9.90. The molecule has 1 atom stereocenters. The number of phenols is 1. The van der Waals surface area contributed by atoms with E-state index < -0.39 is 28.3 Å². The van der Waals surface area contributed by atoms with Gasteiger partial charge in [0, 0.05) is 23.8 Å². The van der Waals surface area contributed by atoms with Gasteiger partial charge in [0.2, 0.25) is 10.0 Å². The van der Waals surface area contributed by atoms with Gasteiger partial charge in [-0.3, -0.25) is 15.4 Å². The normalized spacial score (nSPS) is 11.9. The number of carbonyl (C=O) groups is 2. The zero-order chi connectivity index (χ0) is 29.3. The zero-order valence-electron chi connectivity index (χ0n) is 22.2. The summed E-state index contributed by atoms with van der Waals surface area (Å²) >= 11 is 0. The summed E-state index contributed by atoms with van der Waals surface area (Å²) < 4.78 is 34.9. The lowest BCUT2D eigenvalue weighted by Crippen LogP contribution is -2.29. The summed E-state index contributed by atoms with van der Waals surface area (Å²) in [5, 5.41) is 28.7. The molecule has 2 amide bonds. The minimum Gasteiger partial charge on any atom is -0.506 e. The molecule has 0 heterocycles. The maximum absolute atomic E-state index is 11.7. The third-order valence-electron chi connectivity index (χ3n) is 5.96. The third-order valence-corrected chi connectivity index (χ3v) is 6.55. The van der Waals surface area contributed by atoms with Crippen molar-refractivity contribution in [3.8, 4) is 5.75 Å². The summed E-state index contributed by atoms with van der Waals surface area (Å²) in [6, 6.07) is 18.1. The largest absolute Gasteiger partial charge is 0.506 e. The molecule has 0 aromatic heterocycles. The molecule has 0 radical (unpaired) electrons. The van der Waals surface area contributed by atoms with Crippen molar-refractivity contribution in [2.24, 2.45) is 0 Å². The van der Waals surface area contributed by atoms with Crippen molar-refractivity contribution >= 4 is 39.3 Å². The topological polar surface area (TPSA) is 175 Å². The Balaban J connectivity index is 1.88. The van der Waals surface area contributed by atoms with Crippen LogP contribution in [0.2, 0.25) is 0 Å². The molecule has 3 rings (SSSR count). The lowest BCUT2D eigenvalue weighted by Gasteiger charge is -2.24. The van der Waals surface area contributed by atoms with Gasteiger partial charge in [-0.2, -0.15) is 0 Å². The Kier molecular flexibility index (Phi) is 10.3. The zero-order valence-corrected chi connectivity index (χ0v) is 23.0. The Bertz CT molecular complexity index is 1350. The first-order valence-corrected chi connectivity index (χ1v) is 14.0. The quantitative estimate of drug-likeness (QED) is 0.188. The van der Waals surface area contributed by atoms with E-state index >= 15 is 0 Å². The van der Waals surface area contributed by atoms with Crippen LogP contribution in [0.25, 0.3) is 0 Å². The number of carbonyl (C=O) groups excluding carboxylic acids is 2. The molecule has 0 bridgehead atoms. The van der Waals surface area contributed by atoms with Crippen LogP contribution in [0.3, 0.4) is 0 Å². The summed E-state index contributed by atoms with van der Waals surface area (Å²) in [5.41, 5.74) is 3.42. The van der Waals surface area contributed by atoms with E-state index in [1.807, 2.05) is 24.3 Å². The molecule has 0 aliphatic heterocycles. The van der Waals surface area contributed by atoms with Crippen molar-refractivity contribution in [1.82, 2.24) is 5.32 Å². The second-order valence-electron chi connectivity index (χ2n) is 8.82. The van der Waals surface area contributed by atoms with Gasteiger partial charge >= 0.3 is 12.2 Å². The van der Waals surface area contributed by atoms with Crippen molar-refractivity contribution in [2.45, 2.75) is 12.0 Å². The van der Waals surface area contributed by atoms with Gasteiger partial charge in [0.15, 0.2) is 0 Å². The first-order valence-electron chi connectivity index (χ1n) is 12.1. The Hall–Kier alpha value is -4.33. The van der Waals surface area contributed by atoms with E-state index in [4.69, 9.17) is 0 Å². The monoisotopic (exact) mass is 572 g/mol. The number of phenolic OH excluding ortho intramolecular Hbond substituents is 1. The van der Waals surface area contributed by atoms with E-state index in [2.05, 4.69) is 30.1 Å². The fraction of sp³-hybridized carbons (Fsp3) is 0.259. The van der Waals surface area contributed by atoms with Crippen molar-refractivity contribution in [1.29, 1.82) is 0 Å². The van der Waals surface area contributed by atoms with Crippen molar-refractivity contribution in [3.05, 3.63) is 83.4 Å². The van der Waals surface area contributed by atoms with Gasteiger partial charge in [0.1, 0.15) is 5.75 Å². The molecule has 3 aromatic rings. The second kappa shape index (κ2) is 13.6. The summed E-state index contributed by atoms with van der Waals surface area (Å²) in [4.78, 5) is 23.1. The average Bonchev–Trinajstić information content (AvgIpc) is 2.93. The second-order valence-corrected chi connectivity index (χ2v) is 10.6. The molecule has 0 unspecified atom stereocenters. The third kappa shape index (κ3) is 8.59. The number of ether oxygens (including phenoxy) is 2. The van der Waals surface area contributed by atoms with Gasteiger partial charge < -0.3 is 25.0 Å². The number of hydrogen-bond donors (Lipinski definition) is 6. The fourth-order valence-electron chi connectivity index (χ4n) is 3.96. The molecule has 0 aliphatic carbocycles. The Morgan fingerprint density at radius 3 is 1.73 bits per heavy atom. The van der Waals surface area contributed by atoms with E-state index in [1.54, 1.807) is 30.3 Å². The highest BCUT2D eigenvalue weighted by atomic mass is 32.2. The summed E-state index contributed by atoms with van der Waals surface area (Å²) in [5.74, 6) is -0.482. The number of sulfonamides is 1. The van der Waals surface area contributed by atoms with Gasteiger partial charge in [-0.05, 0) is 53.1 Å². The van der Waals surface area contributed by atoms with Gasteiger partial charge in [-0.15, -0.1) is 0 Å². The number of benzene rings is 3. The predicted molar refractivity (Wildman–Crippen MR) is 151 cm³/mol. The van der Waals surface area contributed by atoms with Crippen LogP contribution >= 0.6 is 0 Å². The van der Waals surface area contributed by atoms with Gasteiger partial charge in [-0.25, -0.2) is 18.0 Å². The van der Waals surface area contributed by atoms with E-state index in [1.165, 1.54) is 26.4 Å². The molecule has 13 heteroatoms. The molecular weight excluding hydrogens is 540 g/mol. The number of aliphatic hydroxyl groups is 1. The van der Waals surface area contributed by atoms with E-state index in [9.17, 15) is 28.2 Å².